The number of rotatable bonds is 6. The molecule has 2 amide bonds. The van der Waals surface area contributed by atoms with Crippen LogP contribution in [0.4, 0.5) is 5.69 Å². The highest BCUT2D eigenvalue weighted by Crippen LogP contribution is 2.30. The van der Waals surface area contributed by atoms with Gasteiger partial charge in [0.1, 0.15) is 5.76 Å². The van der Waals surface area contributed by atoms with E-state index in [-0.39, 0.29) is 23.9 Å². The van der Waals surface area contributed by atoms with Crippen LogP contribution in [0.1, 0.15) is 24.7 Å². The normalized spacial score (nSPS) is 14.0. The lowest BCUT2D eigenvalue weighted by Crippen LogP contribution is -2.38. The fourth-order valence-electron chi connectivity index (χ4n) is 3.18. The Hall–Kier alpha value is -2.65. The summed E-state index contributed by atoms with van der Waals surface area (Å²) in [7, 11) is -2.47. The number of amides is 2. The maximum absolute atomic E-state index is 12.8. The molecule has 1 aliphatic rings. The number of carbonyl (C=O) groups is 2. The van der Waals surface area contributed by atoms with Gasteiger partial charge in [0.05, 0.1) is 24.2 Å². The van der Waals surface area contributed by atoms with Gasteiger partial charge in [-0.05, 0) is 48.7 Å². The molecule has 0 saturated heterocycles. The maximum Gasteiger partial charge on any atom is 0.243 e. The van der Waals surface area contributed by atoms with Crippen LogP contribution in [0.2, 0.25) is 0 Å². The third kappa shape index (κ3) is 4.26. The van der Waals surface area contributed by atoms with Gasteiger partial charge in [0.15, 0.2) is 0 Å². The van der Waals surface area contributed by atoms with Crippen molar-refractivity contribution in [3.63, 3.8) is 0 Å². The molecule has 1 aromatic heterocycles. The fraction of sp³-hybridized carbons (Fsp3) is 0.368. The number of carbonyl (C=O) groups excluding carboxylic acids is 2. The minimum absolute atomic E-state index is 0.0677. The largest absolute Gasteiger partial charge is 0.467 e. The van der Waals surface area contributed by atoms with E-state index in [9.17, 15) is 18.0 Å². The summed E-state index contributed by atoms with van der Waals surface area (Å²) in [6.45, 7) is 2.01. The van der Waals surface area contributed by atoms with Gasteiger partial charge < -0.3 is 14.6 Å². The molecule has 1 aromatic carbocycles. The summed E-state index contributed by atoms with van der Waals surface area (Å²) in [6, 6.07) is 8.16. The Labute approximate surface area is 164 Å². The van der Waals surface area contributed by atoms with E-state index in [4.69, 9.17) is 4.42 Å². The number of nitrogens with one attached hydrogen (secondary N) is 1. The van der Waals surface area contributed by atoms with Crippen LogP contribution >= 0.6 is 0 Å². The summed E-state index contributed by atoms with van der Waals surface area (Å²) in [5, 5.41) is 2.62. The molecule has 2 heterocycles. The zero-order valence-electron chi connectivity index (χ0n) is 15.8. The first-order chi connectivity index (χ1) is 13.3. The Bertz CT molecular complexity index is 969. The second-order valence-electron chi connectivity index (χ2n) is 6.68. The minimum Gasteiger partial charge on any atom is -0.467 e. The minimum atomic E-state index is -3.83. The molecule has 3 rings (SSSR count). The zero-order chi connectivity index (χ0) is 20.3. The van der Waals surface area contributed by atoms with Gasteiger partial charge in [-0.2, -0.15) is 4.31 Å². The van der Waals surface area contributed by atoms with Crippen LogP contribution in [0.5, 0.6) is 0 Å². The van der Waals surface area contributed by atoms with E-state index in [0.717, 1.165) is 22.0 Å². The molecule has 1 aliphatic heterocycles. The van der Waals surface area contributed by atoms with Crippen LogP contribution in [0.25, 0.3) is 0 Å². The molecule has 150 valence electrons. The number of nitrogens with zero attached hydrogens (tertiary/aromatic N) is 2. The van der Waals surface area contributed by atoms with E-state index in [1.165, 1.54) is 26.3 Å². The number of hydrogen-bond acceptors (Lipinski definition) is 5. The van der Waals surface area contributed by atoms with E-state index >= 15 is 0 Å². The molecule has 0 unspecified atom stereocenters. The van der Waals surface area contributed by atoms with Crippen molar-refractivity contribution in [2.45, 2.75) is 31.2 Å². The molecule has 8 nitrogen and oxygen atoms in total. The molecule has 2 aromatic rings. The van der Waals surface area contributed by atoms with Crippen LogP contribution < -0.4 is 10.2 Å². The van der Waals surface area contributed by atoms with E-state index in [0.29, 0.717) is 18.7 Å². The van der Waals surface area contributed by atoms with Crippen molar-refractivity contribution in [2.24, 2.45) is 0 Å². The van der Waals surface area contributed by atoms with Crippen molar-refractivity contribution < 1.29 is 22.4 Å². The summed E-state index contributed by atoms with van der Waals surface area (Å²) >= 11 is 0. The Morgan fingerprint density at radius 3 is 2.75 bits per heavy atom. The van der Waals surface area contributed by atoms with Gasteiger partial charge in [0.2, 0.25) is 21.8 Å². The summed E-state index contributed by atoms with van der Waals surface area (Å²) < 4.78 is 31.8. The Morgan fingerprint density at radius 2 is 2.07 bits per heavy atom. The topological polar surface area (TPSA) is 99.9 Å². The van der Waals surface area contributed by atoms with Gasteiger partial charge in [-0.1, -0.05) is 0 Å². The molecule has 0 radical (unpaired) electrons. The first-order valence-corrected chi connectivity index (χ1v) is 10.4. The molecule has 0 bridgehead atoms. The maximum atomic E-state index is 12.8. The summed E-state index contributed by atoms with van der Waals surface area (Å²) in [4.78, 5) is 25.6. The monoisotopic (exact) mass is 405 g/mol. The van der Waals surface area contributed by atoms with Crippen molar-refractivity contribution in [3.8, 4) is 0 Å². The van der Waals surface area contributed by atoms with Gasteiger partial charge in [0, 0.05) is 26.2 Å². The standard InChI is InChI=1S/C19H23N3O5S/c1-14(23)22-9-3-5-15-11-17(7-8-18(15)22)28(25,26)21(2)13-19(24)20-12-16-6-4-10-27-16/h4,6-8,10-11H,3,5,9,12-13H2,1-2H3,(H,20,24). The van der Waals surface area contributed by atoms with Crippen molar-refractivity contribution in [1.29, 1.82) is 0 Å². The Balaban J connectivity index is 1.71. The average Bonchev–Trinajstić information content (AvgIpc) is 3.18. The number of benzene rings is 1. The lowest BCUT2D eigenvalue weighted by Gasteiger charge is -2.29. The predicted octanol–water partition coefficient (Wildman–Crippen LogP) is 1.52. The van der Waals surface area contributed by atoms with E-state index in [2.05, 4.69) is 5.32 Å². The van der Waals surface area contributed by atoms with Crippen LogP contribution in [-0.4, -0.2) is 44.7 Å². The summed E-state index contributed by atoms with van der Waals surface area (Å²) in [5.74, 6) is 0.0914. The highest BCUT2D eigenvalue weighted by molar-refractivity contribution is 7.89. The number of furan rings is 1. The molecule has 0 atom stereocenters. The number of aryl methyl sites for hydroxylation is 1. The lowest BCUT2D eigenvalue weighted by atomic mass is 10.0. The third-order valence-corrected chi connectivity index (χ3v) is 6.46. The van der Waals surface area contributed by atoms with E-state index < -0.39 is 15.9 Å². The fourth-order valence-corrected chi connectivity index (χ4v) is 4.36. The van der Waals surface area contributed by atoms with Crippen molar-refractivity contribution in [2.75, 3.05) is 25.0 Å². The molecular weight excluding hydrogens is 382 g/mol. The van der Waals surface area contributed by atoms with E-state index in [1.54, 1.807) is 29.2 Å². The molecule has 0 aliphatic carbocycles. The van der Waals surface area contributed by atoms with E-state index in [1.807, 2.05) is 0 Å². The highest BCUT2D eigenvalue weighted by Gasteiger charge is 2.26. The SMILES string of the molecule is CC(=O)N1CCCc2cc(S(=O)(=O)N(C)CC(=O)NCc3ccco3)ccc21. The number of hydrogen-bond donors (Lipinski definition) is 1. The van der Waals surface area contributed by atoms with Crippen molar-refractivity contribution in [3.05, 3.63) is 47.9 Å². The predicted molar refractivity (Wildman–Crippen MR) is 103 cm³/mol. The Kier molecular flexibility index (Phi) is 5.85. The number of likely N-dealkylation sites (N-methyl/N-ethyl adjacent to an activating group) is 1. The molecule has 0 spiro atoms. The molecular formula is C19H23N3O5S. The average molecular weight is 405 g/mol. The molecule has 1 N–H and O–H groups in total. The van der Waals surface area contributed by atoms with Crippen LogP contribution in [-0.2, 0) is 32.6 Å². The van der Waals surface area contributed by atoms with Crippen LogP contribution in [0.3, 0.4) is 0 Å². The van der Waals surface area contributed by atoms with Crippen LogP contribution in [0.15, 0.2) is 45.9 Å². The zero-order valence-corrected chi connectivity index (χ0v) is 16.7. The van der Waals surface area contributed by atoms with Crippen LogP contribution in [0, 0.1) is 0 Å². The smallest absolute Gasteiger partial charge is 0.243 e. The molecule has 9 heteroatoms. The quantitative estimate of drug-likeness (QED) is 0.785. The highest BCUT2D eigenvalue weighted by atomic mass is 32.2. The van der Waals surface area contributed by atoms with Gasteiger partial charge in [-0.15, -0.1) is 0 Å². The summed E-state index contributed by atoms with van der Waals surface area (Å²) in [6.07, 6.45) is 2.98. The van der Waals surface area contributed by atoms with Gasteiger partial charge in [-0.25, -0.2) is 8.42 Å². The van der Waals surface area contributed by atoms with Gasteiger partial charge in [0.25, 0.3) is 0 Å². The van der Waals surface area contributed by atoms with Crippen molar-refractivity contribution >= 4 is 27.5 Å². The first kappa shape index (κ1) is 20.1. The van der Waals surface area contributed by atoms with Crippen molar-refractivity contribution in [1.82, 2.24) is 9.62 Å². The Morgan fingerprint density at radius 1 is 1.29 bits per heavy atom. The molecule has 0 fully saturated rings. The third-order valence-electron chi connectivity index (χ3n) is 4.66. The number of sulfonamides is 1. The molecule has 28 heavy (non-hydrogen) atoms. The molecule has 0 saturated carbocycles. The summed E-state index contributed by atoms with van der Waals surface area (Å²) in [5.41, 5.74) is 1.56. The second-order valence-corrected chi connectivity index (χ2v) is 8.73. The number of fused-ring (bicyclic) bond motifs is 1. The van der Waals surface area contributed by atoms with Gasteiger partial charge >= 0.3 is 0 Å². The van der Waals surface area contributed by atoms with Gasteiger partial charge in [-0.3, -0.25) is 9.59 Å². The lowest BCUT2D eigenvalue weighted by molar-refractivity contribution is -0.121. The first-order valence-electron chi connectivity index (χ1n) is 8.95. The number of anilines is 1. The second kappa shape index (κ2) is 8.15.